The van der Waals surface area contributed by atoms with Crippen LogP contribution in [0.1, 0.15) is 23.0 Å². The van der Waals surface area contributed by atoms with Gasteiger partial charge in [-0.3, -0.25) is 4.99 Å². The number of halogens is 1. The van der Waals surface area contributed by atoms with Gasteiger partial charge in [-0.05, 0) is 13.8 Å². The minimum Gasteiger partial charge on any atom is -0.444 e. The van der Waals surface area contributed by atoms with Crippen LogP contribution in [0.3, 0.4) is 0 Å². The number of rotatable bonds is 5. The number of aryl methyl sites for hydroxylation is 2. The first-order valence-corrected chi connectivity index (χ1v) is 8.91. The van der Waals surface area contributed by atoms with Crippen molar-refractivity contribution in [3.05, 3.63) is 58.8 Å². The highest BCUT2D eigenvalue weighted by Gasteiger charge is 2.08. The minimum absolute atomic E-state index is 0. The fourth-order valence-electron chi connectivity index (χ4n) is 2.27. The molecule has 2 aromatic heterocycles. The van der Waals surface area contributed by atoms with Crippen LogP contribution >= 0.6 is 35.3 Å². The van der Waals surface area contributed by atoms with E-state index in [9.17, 15) is 0 Å². The van der Waals surface area contributed by atoms with Crippen molar-refractivity contribution in [3.8, 4) is 10.6 Å². The molecule has 0 unspecified atom stereocenters. The van der Waals surface area contributed by atoms with Crippen LogP contribution in [0.5, 0.6) is 0 Å². The van der Waals surface area contributed by atoms with Gasteiger partial charge in [0.15, 0.2) is 5.96 Å². The lowest BCUT2D eigenvalue weighted by Gasteiger charge is -2.09. The van der Waals surface area contributed by atoms with Crippen LogP contribution in [-0.4, -0.2) is 23.0 Å². The monoisotopic (exact) mass is 483 g/mol. The summed E-state index contributed by atoms with van der Waals surface area (Å²) >= 11 is 1.64. The Balaban J connectivity index is 0.00000243. The first-order valence-electron chi connectivity index (χ1n) is 8.03. The SMILES string of the molecule is CN=C(NCc1csc(-c2ccccc2)n1)NCc1nc(C)c(C)o1.I. The molecule has 2 heterocycles. The standard InChI is InChI=1S/C18H21N5OS.HI/c1-12-13(2)24-16(22-12)10-21-18(19-3)20-9-15-11-25-17(23-15)14-7-5-4-6-8-14;/h4-8,11H,9-10H2,1-3H3,(H2,19,20,21);1H. The van der Waals surface area contributed by atoms with Gasteiger partial charge in [0.05, 0.1) is 24.5 Å². The molecule has 0 saturated heterocycles. The van der Waals surface area contributed by atoms with Crippen LogP contribution in [0.4, 0.5) is 0 Å². The molecule has 3 aromatic rings. The van der Waals surface area contributed by atoms with Gasteiger partial charge >= 0.3 is 0 Å². The summed E-state index contributed by atoms with van der Waals surface area (Å²) in [7, 11) is 1.73. The third-order valence-corrected chi connectivity index (χ3v) is 4.65. The molecule has 0 aliphatic rings. The molecule has 0 aliphatic heterocycles. The predicted octanol–water partition coefficient (Wildman–Crippen LogP) is 3.90. The lowest BCUT2D eigenvalue weighted by atomic mass is 10.2. The summed E-state index contributed by atoms with van der Waals surface area (Å²) in [6.07, 6.45) is 0. The van der Waals surface area contributed by atoms with Crippen LogP contribution in [0.2, 0.25) is 0 Å². The number of hydrogen-bond donors (Lipinski definition) is 2. The van der Waals surface area contributed by atoms with E-state index in [4.69, 9.17) is 4.42 Å². The van der Waals surface area contributed by atoms with Crippen LogP contribution in [0.15, 0.2) is 45.1 Å². The molecule has 0 amide bonds. The summed E-state index contributed by atoms with van der Waals surface area (Å²) in [6, 6.07) is 10.2. The van der Waals surface area contributed by atoms with Gasteiger partial charge < -0.3 is 15.1 Å². The van der Waals surface area contributed by atoms with Gasteiger partial charge in [0.25, 0.3) is 0 Å². The van der Waals surface area contributed by atoms with Gasteiger partial charge in [0, 0.05) is 18.0 Å². The van der Waals surface area contributed by atoms with E-state index in [1.807, 2.05) is 32.0 Å². The number of nitrogens with one attached hydrogen (secondary N) is 2. The highest BCUT2D eigenvalue weighted by molar-refractivity contribution is 14.0. The van der Waals surface area contributed by atoms with E-state index in [1.165, 1.54) is 0 Å². The van der Waals surface area contributed by atoms with Crippen molar-refractivity contribution in [1.29, 1.82) is 0 Å². The Bertz CT molecular complexity index is 840. The molecular formula is C18H22IN5OS. The second kappa shape index (κ2) is 9.67. The Labute approximate surface area is 174 Å². The highest BCUT2D eigenvalue weighted by atomic mass is 127. The van der Waals surface area contributed by atoms with E-state index < -0.39 is 0 Å². The highest BCUT2D eigenvalue weighted by Crippen LogP contribution is 2.23. The maximum atomic E-state index is 5.56. The van der Waals surface area contributed by atoms with Crippen molar-refractivity contribution in [2.24, 2.45) is 4.99 Å². The second-order valence-corrected chi connectivity index (χ2v) is 6.40. The van der Waals surface area contributed by atoms with Crippen molar-refractivity contribution >= 4 is 41.3 Å². The Kier molecular flexibility index (Phi) is 7.58. The summed E-state index contributed by atoms with van der Waals surface area (Å²) < 4.78 is 5.56. The molecule has 0 spiro atoms. The van der Waals surface area contributed by atoms with E-state index in [1.54, 1.807) is 18.4 Å². The van der Waals surface area contributed by atoms with Gasteiger partial charge in [-0.15, -0.1) is 35.3 Å². The third kappa shape index (κ3) is 5.28. The van der Waals surface area contributed by atoms with E-state index in [-0.39, 0.29) is 24.0 Å². The van der Waals surface area contributed by atoms with Gasteiger partial charge in [-0.1, -0.05) is 30.3 Å². The average molecular weight is 483 g/mol. The quantitative estimate of drug-likeness (QED) is 0.327. The number of guanidine groups is 1. The normalized spacial score (nSPS) is 11.1. The molecule has 0 saturated carbocycles. The van der Waals surface area contributed by atoms with Crippen molar-refractivity contribution in [2.45, 2.75) is 26.9 Å². The molecule has 0 bridgehead atoms. The van der Waals surface area contributed by atoms with Gasteiger partial charge in [0.2, 0.25) is 5.89 Å². The van der Waals surface area contributed by atoms with Crippen molar-refractivity contribution < 1.29 is 4.42 Å². The number of nitrogens with zero attached hydrogens (tertiary/aromatic N) is 3. The van der Waals surface area contributed by atoms with Crippen molar-refractivity contribution in [1.82, 2.24) is 20.6 Å². The van der Waals surface area contributed by atoms with Crippen LogP contribution in [0, 0.1) is 13.8 Å². The average Bonchev–Trinajstić information content (AvgIpc) is 3.23. The van der Waals surface area contributed by atoms with E-state index >= 15 is 0 Å². The Morgan fingerprint density at radius 1 is 1.12 bits per heavy atom. The zero-order valence-electron chi connectivity index (χ0n) is 14.9. The number of hydrogen-bond acceptors (Lipinski definition) is 5. The molecule has 26 heavy (non-hydrogen) atoms. The minimum atomic E-state index is 0. The summed E-state index contributed by atoms with van der Waals surface area (Å²) in [5.41, 5.74) is 3.03. The van der Waals surface area contributed by atoms with Gasteiger partial charge in [-0.25, -0.2) is 9.97 Å². The molecule has 8 heteroatoms. The van der Waals surface area contributed by atoms with Crippen LogP contribution < -0.4 is 10.6 Å². The van der Waals surface area contributed by atoms with Crippen molar-refractivity contribution in [2.75, 3.05) is 7.05 Å². The lowest BCUT2D eigenvalue weighted by molar-refractivity contribution is 0.463. The summed E-state index contributed by atoms with van der Waals surface area (Å²) in [5, 5.41) is 9.53. The lowest BCUT2D eigenvalue weighted by Crippen LogP contribution is -2.36. The van der Waals surface area contributed by atoms with Crippen molar-refractivity contribution in [3.63, 3.8) is 0 Å². The Hall–Kier alpha value is -1.94. The van der Waals surface area contributed by atoms with Gasteiger partial charge in [-0.2, -0.15) is 0 Å². The zero-order valence-corrected chi connectivity index (χ0v) is 18.1. The number of benzene rings is 1. The topological polar surface area (TPSA) is 75.3 Å². The molecule has 0 radical (unpaired) electrons. The summed E-state index contributed by atoms with van der Waals surface area (Å²) in [5.74, 6) is 2.18. The molecule has 1 aromatic carbocycles. The van der Waals surface area contributed by atoms with Crippen LogP contribution in [0.25, 0.3) is 10.6 Å². The molecule has 2 N–H and O–H groups in total. The molecule has 6 nitrogen and oxygen atoms in total. The number of aliphatic imine (C=N–C) groups is 1. The van der Waals surface area contributed by atoms with Gasteiger partial charge in [0.1, 0.15) is 10.8 Å². The smallest absolute Gasteiger partial charge is 0.214 e. The predicted molar refractivity (Wildman–Crippen MR) is 116 cm³/mol. The Morgan fingerprint density at radius 2 is 1.85 bits per heavy atom. The fraction of sp³-hybridized carbons (Fsp3) is 0.278. The maximum absolute atomic E-state index is 5.56. The van der Waals surface area contributed by atoms with E-state index in [0.717, 1.165) is 27.7 Å². The molecule has 0 atom stereocenters. The largest absolute Gasteiger partial charge is 0.444 e. The molecule has 138 valence electrons. The first-order chi connectivity index (χ1) is 12.2. The molecular weight excluding hydrogens is 461 g/mol. The number of aromatic nitrogens is 2. The summed E-state index contributed by atoms with van der Waals surface area (Å²) in [4.78, 5) is 13.2. The van der Waals surface area contributed by atoms with E-state index in [2.05, 4.69) is 43.1 Å². The second-order valence-electron chi connectivity index (χ2n) is 5.54. The third-order valence-electron chi connectivity index (χ3n) is 3.71. The van der Waals surface area contributed by atoms with E-state index in [0.29, 0.717) is 24.9 Å². The van der Waals surface area contributed by atoms with Crippen LogP contribution in [-0.2, 0) is 13.1 Å². The Morgan fingerprint density at radius 3 is 2.50 bits per heavy atom. The molecule has 0 fully saturated rings. The summed E-state index contributed by atoms with van der Waals surface area (Å²) in [6.45, 7) is 4.93. The molecule has 0 aliphatic carbocycles. The number of oxazole rings is 1. The maximum Gasteiger partial charge on any atom is 0.214 e. The number of thiazole rings is 1. The fourth-order valence-corrected chi connectivity index (χ4v) is 3.10. The zero-order chi connectivity index (χ0) is 17.6. The molecule has 3 rings (SSSR count). The first kappa shape index (κ1) is 20.4.